The fourth-order valence-corrected chi connectivity index (χ4v) is 4.44. The molecule has 0 spiro atoms. The SMILES string of the molecule is CCn1c(-c2ccc(Cl)cc2)cc2cc(CC(=O)c3cc(CNC(=O)C(C)C)cnc3C(F)F)ccc21. The Labute approximate surface area is 219 Å². The smallest absolute Gasteiger partial charge is 0.281 e. The predicted octanol–water partition coefficient (Wildman–Crippen LogP) is 7.01. The molecule has 0 aliphatic rings. The number of aromatic nitrogens is 2. The molecule has 0 radical (unpaired) electrons. The lowest BCUT2D eigenvalue weighted by atomic mass is 9.99. The number of fused-ring (bicyclic) bond motifs is 1. The summed E-state index contributed by atoms with van der Waals surface area (Å²) in [6, 6.07) is 16.8. The van der Waals surface area contributed by atoms with E-state index in [-0.39, 0.29) is 30.4 Å². The molecule has 37 heavy (non-hydrogen) atoms. The molecular formula is C29H28ClF2N3O2. The highest BCUT2D eigenvalue weighted by Crippen LogP contribution is 2.30. The molecule has 2 heterocycles. The summed E-state index contributed by atoms with van der Waals surface area (Å²) in [5.74, 6) is -0.838. The number of carbonyl (C=O) groups is 2. The summed E-state index contributed by atoms with van der Waals surface area (Å²) in [4.78, 5) is 28.9. The first kappa shape index (κ1) is 26.5. The van der Waals surface area contributed by atoms with Crippen molar-refractivity contribution >= 4 is 34.2 Å². The van der Waals surface area contributed by atoms with Gasteiger partial charge in [0.2, 0.25) is 5.91 Å². The molecule has 0 aliphatic heterocycles. The Morgan fingerprint density at radius 2 is 1.76 bits per heavy atom. The molecule has 4 aromatic rings. The van der Waals surface area contributed by atoms with Crippen molar-refractivity contribution in [2.24, 2.45) is 5.92 Å². The van der Waals surface area contributed by atoms with E-state index in [4.69, 9.17) is 11.6 Å². The minimum Gasteiger partial charge on any atom is -0.352 e. The molecule has 0 atom stereocenters. The Morgan fingerprint density at radius 1 is 1.03 bits per heavy atom. The van der Waals surface area contributed by atoms with Gasteiger partial charge in [-0.05, 0) is 60.0 Å². The zero-order valence-electron chi connectivity index (χ0n) is 20.9. The molecule has 0 bridgehead atoms. The van der Waals surface area contributed by atoms with E-state index in [1.54, 1.807) is 13.8 Å². The summed E-state index contributed by atoms with van der Waals surface area (Å²) in [6.07, 6.45) is -1.66. The maximum atomic E-state index is 13.7. The lowest BCUT2D eigenvalue weighted by Gasteiger charge is -2.12. The van der Waals surface area contributed by atoms with Gasteiger partial charge >= 0.3 is 0 Å². The molecule has 2 aromatic heterocycles. The summed E-state index contributed by atoms with van der Waals surface area (Å²) < 4.78 is 29.5. The quantitative estimate of drug-likeness (QED) is 0.240. The number of ketones is 1. The lowest BCUT2D eigenvalue weighted by molar-refractivity contribution is -0.124. The van der Waals surface area contributed by atoms with Crippen molar-refractivity contribution < 1.29 is 18.4 Å². The van der Waals surface area contributed by atoms with Gasteiger partial charge in [-0.3, -0.25) is 14.6 Å². The van der Waals surface area contributed by atoms with Crippen LogP contribution in [-0.2, 0) is 24.3 Å². The summed E-state index contributed by atoms with van der Waals surface area (Å²) in [6.45, 7) is 6.44. The van der Waals surface area contributed by atoms with E-state index in [1.165, 1.54) is 12.3 Å². The van der Waals surface area contributed by atoms with Crippen molar-refractivity contribution in [3.63, 3.8) is 0 Å². The molecule has 4 rings (SSSR count). The van der Waals surface area contributed by atoms with Crippen LogP contribution in [0.2, 0.25) is 5.02 Å². The number of nitrogens with zero attached hydrogens (tertiary/aromatic N) is 2. The molecule has 0 fully saturated rings. The lowest BCUT2D eigenvalue weighted by Crippen LogP contribution is -2.27. The number of Topliss-reactive ketones (excluding diaryl/α,β-unsaturated/α-hetero) is 1. The van der Waals surface area contributed by atoms with Crippen molar-refractivity contribution in [2.45, 2.75) is 46.7 Å². The van der Waals surface area contributed by atoms with Gasteiger partial charge in [-0.2, -0.15) is 0 Å². The fraction of sp³-hybridized carbons (Fsp3) is 0.276. The molecule has 8 heteroatoms. The van der Waals surface area contributed by atoms with Gasteiger partial charge in [0, 0.05) is 58.8 Å². The first-order valence-corrected chi connectivity index (χ1v) is 12.5. The molecule has 1 amide bonds. The second kappa shape index (κ2) is 11.2. The van der Waals surface area contributed by atoms with Crippen LogP contribution in [0.4, 0.5) is 8.78 Å². The average molecular weight is 524 g/mol. The molecule has 1 N–H and O–H groups in total. The van der Waals surface area contributed by atoms with Crippen LogP contribution in [0.3, 0.4) is 0 Å². The fourth-order valence-electron chi connectivity index (χ4n) is 4.32. The number of carbonyl (C=O) groups excluding carboxylic acids is 2. The second-order valence-corrected chi connectivity index (χ2v) is 9.66. The van der Waals surface area contributed by atoms with Crippen LogP contribution in [0.5, 0.6) is 0 Å². The third-order valence-corrected chi connectivity index (χ3v) is 6.51. The minimum atomic E-state index is -2.89. The van der Waals surface area contributed by atoms with Crippen molar-refractivity contribution in [2.75, 3.05) is 0 Å². The van der Waals surface area contributed by atoms with Gasteiger partial charge in [0.1, 0.15) is 5.69 Å². The number of rotatable bonds is 9. The van der Waals surface area contributed by atoms with E-state index in [2.05, 4.69) is 27.9 Å². The number of hydrogen-bond donors (Lipinski definition) is 1. The maximum absolute atomic E-state index is 13.7. The first-order chi connectivity index (χ1) is 17.7. The van der Waals surface area contributed by atoms with Crippen LogP contribution in [0.25, 0.3) is 22.2 Å². The molecule has 0 saturated carbocycles. The summed E-state index contributed by atoms with van der Waals surface area (Å²) >= 11 is 6.05. The van der Waals surface area contributed by atoms with E-state index in [1.807, 2.05) is 42.5 Å². The Morgan fingerprint density at radius 3 is 2.41 bits per heavy atom. The molecule has 0 aliphatic carbocycles. The summed E-state index contributed by atoms with van der Waals surface area (Å²) in [5.41, 5.74) is 3.59. The van der Waals surface area contributed by atoms with E-state index < -0.39 is 17.9 Å². The average Bonchev–Trinajstić information content (AvgIpc) is 3.25. The van der Waals surface area contributed by atoms with E-state index in [9.17, 15) is 18.4 Å². The molecule has 2 aromatic carbocycles. The third kappa shape index (κ3) is 5.88. The number of pyridine rings is 1. The highest BCUT2D eigenvalue weighted by atomic mass is 35.5. The number of alkyl halides is 2. The molecule has 0 saturated heterocycles. The van der Waals surface area contributed by atoms with Gasteiger partial charge in [0.25, 0.3) is 6.43 Å². The topological polar surface area (TPSA) is 64.0 Å². The van der Waals surface area contributed by atoms with Gasteiger partial charge < -0.3 is 9.88 Å². The number of aryl methyl sites for hydroxylation is 1. The van der Waals surface area contributed by atoms with E-state index >= 15 is 0 Å². The van der Waals surface area contributed by atoms with Crippen molar-refractivity contribution in [1.82, 2.24) is 14.9 Å². The largest absolute Gasteiger partial charge is 0.352 e. The number of nitrogens with one attached hydrogen (secondary N) is 1. The van der Waals surface area contributed by atoms with Crippen LogP contribution < -0.4 is 5.32 Å². The summed E-state index contributed by atoms with van der Waals surface area (Å²) in [5, 5.41) is 4.34. The van der Waals surface area contributed by atoms with Crippen LogP contribution in [0.1, 0.15) is 54.4 Å². The highest BCUT2D eigenvalue weighted by molar-refractivity contribution is 6.30. The van der Waals surface area contributed by atoms with E-state index in [0.717, 1.165) is 28.7 Å². The van der Waals surface area contributed by atoms with Gasteiger partial charge in [-0.1, -0.05) is 43.6 Å². The van der Waals surface area contributed by atoms with Crippen LogP contribution >= 0.6 is 11.6 Å². The predicted molar refractivity (Wildman–Crippen MR) is 142 cm³/mol. The Hall–Kier alpha value is -3.58. The van der Waals surface area contributed by atoms with Gasteiger partial charge in [-0.25, -0.2) is 8.78 Å². The van der Waals surface area contributed by atoms with Gasteiger partial charge in [0.15, 0.2) is 5.78 Å². The number of hydrogen-bond acceptors (Lipinski definition) is 3. The molecular weight excluding hydrogens is 496 g/mol. The normalized spacial score (nSPS) is 11.5. The summed E-state index contributed by atoms with van der Waals surface area (Å²) in [7, 11) is 0. The number of benzene rings is 2. The Bertz CT molecular complexity index is 1450. The zero-order valence-corrected chi connectivity index (χ0v) is 21.7. The van der Waals surface area contributed by atoms with Crippen LogP contribution in [-0.4, -0.2) is 21.2 Å². The highest BCUT2D eigenvalue weighted by Gasteiger charge is 2.22. The second-order valence-electron chi connectivity index (χ2n) is 9.22. The van der Waals surface area contributed by atoms with Crippen molar-refractivity contribution in [3.05, 3.63) is 88.2 Å². The third-order valence-electron chi connectivity index (χ3n) is 6.26. The number of halogens is 3. The molecule has 0 unspecified atom stereocenters. The van der Waals surface area contributed by atoms with Crippen molar-refractivity contribution in [1.29, 1.82) is 0 Å². The van der Waals surface area contributed by atoms with Crippen LogP contribution in [0.15, 0.2) is 60.8 Å². The van der Waals surface area contributed by atoms with Crippen molar-refractivity contribution in [3.8, 4) is 11.3 Å². The Balaban J connectivity index is 1.62. The van der Waals surface area contributed by atoms with E-state index in [0.29, 0.717) is 16.1 Å². The van der Waals surface area contributed by atoms with Gasteiger partial charge in [-0.15, -0.1) is 0 Å². The minimum absolute atomic E-state index is 0.0489. The number of amides is 1. The molecule has 192 valence electrons. The monoisotopic (exact) mass is 523 g/mol. The standard InChI is InChI=1S/C29H28ClF2N3O2/c1-4-35-24-10-5-18(11-21(24)14-25(35)20-6-8-22(30)9-7-20)13-26(36)23-12-19(15-33-27(23)28(31)32)16-34-29(37)17(2)3/h5-12,14-15,17,28H,4,13,16H2,1-3H3,(H,34,37). The maximum Gasteiger partial charge on any atom is 0.281 e. The Kier molecular flexibility index (Phi) is 8.03. The van der Waals surface area contributed by atoms with Crippen LogP contribution in [0, 0.1) is 5.92 Å². The van der Waals surface area contributed by atoms with Gasteiger partial charge in [0.05, 0.1) is 0 Å². The zero-order chi connectivity index (χ0) is 26.7. The first-order valence-electron chi connectivity index (χ1n) is 12.1. The molecule has 5 nitrogen and oxygen atoms in total.